The number of terminal acetylenes is 1. The Morgan fingerprint density at radius 2 is 1.95 bits per heavy atom. The van der Waals surface area contributed by atoms with Crippen molar-refractivity contribution in [2.24, 2.45) is 5.92 Å². The van der Waals surface area contributed by atoms with Gasteiger partial charge in [-0.1, -0.05) is 18.8 Å². The Kier molecular flexibility index (Phi) is 4.68. The number of likely N-dealkylation sites (tertiary alicyclic amines) is 1. The van der Waals surface area contributed by atoms with Gasteiger partial charge in [0.25, 0.3) is 0 Å². The molecule has 1 saturated carbocycles. The van der Waals surface area contributed by atoms with E-state index in [2.05, 4.69) is 16.1 Å². The van der Waals surface area contributed by atoms with Crippen LogP contribution in [0.4, 0.5) is 0 Å². The molecule has 2 atom stereocenters. The Morgan fingerprint density at radius 1 is 1.23 bits per heavy atom. The van der Waals surface area contributed by atoms with Gasteiger partial charge < -0.3 is 10.2 Å². The first-order valence-corrected chi connectivity index (χ1v) is 8.44. The van der Waals surface area contributed by atoms with E-state index in [1.165, 1.54) is 0 Å². The molecule has 3 aliphatic rings. The van der Waals surface area contributed by atoms with Crippen molar-refractivity contribution in [3.8, 4) is 12.3 Å². The third kappa shape index (κ3) is 3.12. The molecule has 3 rings (SSSR count). The first-order chi connectivity index (χ1) is 10.7. The van der Waals surface area contributed by atoms with Gasteiger partial charge >= 0.3 is 0 Å². The standard InChI is InChI=1S/C17H25N3O2/c1-2-9-19-10-7-13(8-11-19)17(22)20-12-16(21)18-14-5-3-4-6-15(14)20/h1,13-15H,3-12H2,(H,18,21)/t14-,15+/m0/s1. The van der Waals surface area contributed by atoms with Crippen molar-refractivity contribution >= 4 is 11.8 Å². The number of carbonyl (C=O) groups excluding carboxylic acids is 2. The fraction of sp³-hybridized carbons (Fsp3) is 0.765. The lowest BCUT2D eigenvalue weighted by Crippen LogP contribution is -2.64. The van der Waals surface area contributed by atoms with E-state index >= 15 is 0 Å². The quantitative estimate of drug-likeness (QED) is 0.760. The molecular formula is C17H25N3O2. The van der Waals surface area contributed by atoms with Gasteiger partial charge in [0, 0.05) is 12.0 Å². The van der Waals surface area contributed by atoms with Crippen LogP contribution in [0.1, 0.15) is 38.5 Å². The highest BCUT2D eigenvalue weighted by molar-refractivity contribution is 5.87. The monoisotopic (exact) mass is 303 g/mol. The lowest BCUT2D eigenvalue weighted by Gasteiger charge is -2.45. The van der Waals surface area contributed by atoms with Gasteiger partial charge in [0.2, 0.25) is 11.8 Å². The van der Waals surface area contributed by atoms with Crippen LogP contribution in [0.2, 0.25) is 0 Å². The van der Waals surface area contributed by atoms with E-state index in [1.54, 1.807) is 0 Å². The highest BCUT2D eigenvalue weighted by Gasteiger charge is 2.41. The first kappa shape index (κ1) is 15.4. The third-order valence-corrected chi connectivity index (χ3v) is 5.32. The number of nitrogens with zero attached hydrogens (tertiary/aromatic N) is 2. The molecule has 22 heavy (non-hydrogen) atoms. The van der Waals surface area contributed by atoms with Crippen LogP contribution < -0.4 is 5.32 Å². The fourth-order valence-electron chi connectivity index (χ4n) is 4.12. The number of piperazine rings is 1. The summed E-state index contributed by atoms with van der Waals surface area (Å²) in [5, 5.41) is 3.07. The van der Waals surface area contributed by atoms with Crippen molar-refractivity contribution in [1.29, 1.82) is 0 Å². The van der Waals surface area contributed by atoms with Crippen LogP contribution in [0, 0.1) is 18.3 Å². The Labute approximate surface area is 132 Å². The first-order valence-electron chi connectivity index (χ1n) is 8.44. The highest BCUT2D eigenvalue weighted by atomic mass is 16.2. The van der Waals surface area contributed by atoms with E-state index in [1.807, 2.05) is 4.90 Å². The van der Waals surface area contributed by atoms with E-state index in [0.29, 0.717) is 6.54 Å². The van der Waals surface area contributed by atoms with Crippen LogP contribution in [0.15, 0.2) is 0 Å². The van der Waals surface area contributed by atoms with Crippen LogP contribution in [0.3, 0.4) is 0 Å². The van der Waals surface area contributed by atoms with Crippen LogP contribution in [0.25, 0.3) is 0 Å². The van der Waals surface area contributed by atoms with Crippen molar-refractivity contribution in [2.75, 3.05) is 26.2 Å². The van der Waals surface area contributed by atoms with Gasteiger partial charge in [-0.25, -0.2) is 0 Å². The number of fused-ring (bicyclic) bond motifs is 1. The second kappa shape index (κ2) is 6.70. The Hall–Kier alpha value is -1.54. The predicted octanol–water partition coefficient (Wildman–Crippen LogP) is 0.601. The van der Waals surface area contributed by atoms with Crippen LogP contribution in [0.5, 0.6) is 0 Å². The molecule has 2 heterocycles. The zero-order valence-corrected chi connectivity index (χ0v) is 13.1. The average Bonchev–Trinajstić information content (AvgIpc) is 2.54. The summed E-state index contributed by atoms with van der Waals surface area (Å²) in [5.41, 5.74) is 0. The lowest BCUT2D eigenvalue weighted by molar-refractivity contribution is -0.148. The Balaban J connectivity index is 1.63. The topological polar surface area (TPSA) is 52.7 Å². The molecule has 0 aromatic rings. The molecule has 0 bridgehead atoms. The summed E-state index contributed by atoms with van der Waals surface area (Å²) in [4.78, 5) is 28.9. The SMILES string of the molecule is C#CCN1CCC(C(=O)N2CC(=O)N[C@H]3CCCC[C@H]32)CC1. The number of piperidine rings is 1. The van der Waals surface area contributed by atoms with Gasteiger partial charge in [0.1, 0.15) is 0 Å². The highest BCUT2D eigenvalue weighted by Crippen LogP contribution is 2.29. The van der Waals surface area contributed by atoms with Crippen molar-refractivity contribution in [3.63, 3.8) is 0 Å². The minimum atomic E-state index is 0.00117. The molecule has 5 heteroatoms. The molecule has 5 nitrogen and oxygen atoms in total. The van der Waals surface area contributed by atoms with Crippen LogP contribution in [-0.4, -0.2) is 59.9 Å². The second-order valence-electron chi connectivity index (χ2n) is 6.75. The van der Waals surface area contributed by atoms with Crippen molar-refractivity contribution in [2.45, 2.75) is 50.6 Å². The molecule has 0 spiro atoms. The molecule has 2 saturated heterocycles. The molecule has 1 N–H and O–H groups in total. The minimum Gasteiger partial charge on any atom is -0.350 e. The smallest absolute Gasteiger partial charge is 0.239 e. The van der Waals surface area contributed by atoms with E-state index in [0.717, 1.165) is 51.6 Å². The number of hydrogen-bond acceptors (Lipinski definition) is 3. The molecule has 0 unspecified atom stereocenters. The molecule has 0 radical (unpaired) electrons. The summed E-state index contributed by atoms with van der Waals surface area (Å²) >= 11 is 0. The maximum atomic E-state index is 12.9. The molecule has 1 aliphatic carbocycles. The number of carbonyl (C=O) groups is 2. The maximum absolute atomic E-state index is 12.9. The Morgan fingerprint density at radius 3 is 2.68 bits per heavy atom. The van der Waals surface area contributed by atoms with Gasteiger partial charge in [0.15, 0.2) is 0 Å². The molecule has 2 aliphatic heterocycles. The van der Waals surface area contributed by atoms with E-state index < -0.39 is 0 Å². The summed E-state index contributed by atoms with van der Waals surface area (Å²) in [6.45, 7) is 2.67. The van der Waals surface area contributed by atoms with Crippen molar-refractivity contribution in [1.82, 2.24) is 15.1 Å². The van der Waals surface area contributed by atoms with Gasteiger partial charge in [-0.05, 0) is 38.8 Å². The van der Waals surface area contributed by atoms with Gasteiger partial charge in [-0.3, -0.25) is 14.5 Å². The van der Waals surface area contributed by atoms with E-state index in [-0.39, 0.29) is 36.4 Å². The Bertz CT molecular complexity index is 477. The molecule has 3 fully saturated rings. The lowest BCUT2D eigenvalue weighted by atomic mass is 9.85. The summed E-state index contributed by atoms with van der Waals surface area (Å²) in [5.74, 6) is 2.91. The maximum Gasteiger partial charge on any atom is 0.239 e. The summed E-state index contributed by atoms with van der Waals surface area (Å²) < 4.78 is 0. The summed E-state index contributed by atoms with van der Waals surface area (Å²) in [6, 6.07) is 0.378. The molecular weight excluding hydrogens is 278 g/mol. The minimum absolute atomic E-state index is 0.00117. The fourth-order valence-corrected chi connectivity index (χ4v) is 4.12. The molecule has 0 aromatic carbocycles. The molecule has 0 aromatic heterocycles. The second-order valence-corrected chi connectivity index (χ2v) is 6.75. The van der Waals surface area contributed by atoms with E-state index in [4.69, 9.17) is 6.42 Å². The zero-order chi connectivity index (χ0) is 15.5. The third-order valence-electron chi connectivity index (χ3n) is 5.32. The number of amides is 2. The summed E-state index contributed by atoms with van der Waals surface area (Å²) in [6.07, 6.45) is 11.4. The van der Waals surface area contributed by atoms with Crippen molar-refractivity contribution in [3.05, 3.63) is 0 Å². The average molecular weight is 303 g/mol. The van der Waals surface area contributed by atoms with Crippen molar-refractivity contribution < 1.29 is 9.59 Å². The number of nitrogens with one attached hydrogen (secondary N) is 1. The number of rotatable bonds is 2. The zero-order valence-electron chi connectivity index (χ0n) is 13.1. The van der Waals surface area contributed by atoms with Gasteiger partial charge in [-0.15, -0.1) is 6.42 Å². The predicted molar refractivity (Wildman–Crippen MR) is 83.9 cm³/mol. The van der Waals surface area contributed by atoms with Gasteiger partial charge in [0.05, 0.1) is 19.1 Å². The summed E-state index contributed by atoms with van der Waals surface area (Å²) in [7, 11) is 0. The normalized spacial score (nSPS) is 30.3. The number of hydrogen-bond donors (Lipinski definition) is 1. The largest absolute Gasteiger partial charge is 0.350 e. The molecule has 120 valence electrons. The molecule has 2 amide bonds. The van der Waals surface area contributed by atoms with Crippen LogP contribution in [-0.2, 0) is 9.59 Å². The van der Waals surface area contributed by atoms with Gasteiger partial charge in [-0.2, -0.15) is 0 Å². The van der Waals surface area contributed by atoms with E-state index in [9.17, 15) is 9.59 Å². The van der Waals surface area contributed by atoms with Crippen LogP contribution >= 0.6 is 0 Å².